The molecule has 0 amide bonds. The highest BCUT2D eigenvalue weighted by Crippen LogP contribution is 2.15. The van der Waals surface area contributed by atoms with E-state index in [1.807, 2.05) is 31.2 Å². The van der Waals surface area contributed by atoms with Gasteiger partial charge < -0.3 is 9.72 Å². The summed E-state index contributed by atoms with van der Waals surface area (Å²) in [5.41, 5.74) is 1.95. The number of thioether (sulfide) groups is 2. The van der Waals surface area contributed by atoms with E-state index >= 15 is 0 Å². The maximum atomic E-state index is 11.6. The van der Waals surface area contributed by atoms with Crippen molar-refractivity contribution in [3.63, 3.8) is 0 Å². The van der Waals surface area contributed by atoms with Crippen LogP contribution in [0, 0.1) is 6.92 Å². The van der Waals surface area contributed by atoms with Gasteiger partial charge in [0.15, 0.2) is 5.16 Å². The fourth-order valence-corrected chi connectivity index (χ4v) is 3.04. The maximum Gasteiger partial charge on any atom is 0.251 e. The Labute approximate surface area is 139 Å². The molecule has 4 nitrogen and oxygen atoms in total. The Hall–Kier alpha value is -1.40. The van der Waals surface area contributed by atoms with Gasteiger partial charge in [-0.3, -0.25) is 4.79 Å². The fraction of sp³-hybridized carbons (Fsp3) is 0.375. The van der Waals surface area contributed by atoms with Crippen molar-refractivity contribution in [2.75, 3.05) is 18.1 Å². The van der Waals surface area contributed by atoms with E-state index < -0.39 is 0 Å². The summed E-state index contributed by atoms with van der Waals surface area (Å²) in [7, 11) is 0. The zero-order valence-corrected chi connectivity index (χ0v) is 14.4. The minimum atomic E-state index is -0.0938. The molecule has 0 aliphatic rings. The summed E-state index contributed by atoms with van der Waals surface area (Å²) in [6.07, 6.45) is 0. The van der Waals surface area contributed by atoms with Crippen molar-refractivity contribution in [1.29, 1.82) is 0 Å². The molecule has 1 aromatic carbocycles. The number of H-pyrrole nitrogens is 1. The predicted octanol–water partition coefficient (Wildman–Crippen LogP) is 3.50. The highest BCUT2D eigenvalue weighted by Gasteiger charge is 2.03. The van der Waals surface area contributed by atoms with Crippen LogP contribution in [0.1, 0.15) is 18.2 Å². The first kappa shape index (κ1) is 17.0. The van der Waals surface area contributed by atoms with Crippen molar-refractivity contribution in [3.05, 3.63) is 51.9 Å². The van der Waals surface area contributed by atoms with Crippen molar-refractivity contribution < 1.29 is 4.74 Å². The fourth-order valence-electron chi connectivity index (χ4n) is 1.76. The summed E-state index contributed by atoms with van der Waals surface area (Å²) < 4.78 is 5.66. The van der Waals surface area contributed by atoms with Gasteiger partial charge in [0.25, 0.3) is 5.56 Å². The average molecular weight is 336 g/mol. The number of rotatable bonds is 8. The molecule has 0 saturated carbocycles. The van der Waals surface area contributed by atoms with Crippen LogP contribution in [-0.4, -0.2) is 28.1 Å². The lowest BCUT2D eigenvalue weighted by Crippen LogP contribution is -2.10. The monoisotopic (exact) mass is 336 g/mol. The van der Waals surface area contributed by atoms with Crippen molar-refractivity contribution in [2.24, 2.45) is 0 Å². The second-order valence-corrected chi connectivity index (χ2v) is 7.05. The van der Waals surface area contributed by atoms with E-state index in [1.54, 1.807) is 17.8 Å². The molecule has 0 atom stereocenters. The van der Waals surface area contributed by atoms with Gasteiger partial charge in [-0.1, -0.05) is 36.4 Å². The van der Waals surface area contributed by atoms with Gasteiger partial charge in [-0.05, 0) is 24.8 Å². The molecule has 0 saturated heterocycles. The third-order valence-electron chi connectivity index (χ3n) is 2.84. The first-order chi connectivity index (χ1) is 10.7. The van der Waals surface area contributed by atoms with Crippen LogP contribution >= 0.6 is 23.5 Å². The van der Waals surface area contributed by atoms with Crippen LogP contribution in [-0.2, 0) is 5.75 Å². The van der Waals surface area contributed by atoms with Crippen molar-refractivity contribution in [1.82, 2.24) is 9.97 Å². The predicted molar refractivity (Wildman–Crippen MR) is 94.1 cm³/mol. The van der Waals surface area contributed by atoms with E-state index in [9.17, 15) is 4.79 Å². The number of ether oxygens (including phenoxy) is 1. The van der Waals surface area contributed by atoms with Crippen LogP contribution in [0.2, 0.25) is 0 Å². The number of nitrogens with one attached hydrogen (secondary N) is 1. The standard InChI is InChI=1S/C16H20N2O2S2/c1-3-21-11-13-10-15(19)18-16(17-13)22-9-8-20-14-6-4-12(2)5-7-14/h4-7,10H,3,8-9,11H2,1-2H3,(H,17,18,19). The molecule has 0 spiro atoms. The second kappa shape index (κ2) is 8.90. The Bertz CT molecular complexity index is 641. The summed E-state index contributed by atoms with van der Waals surface area (Å²) in [6.45, 7) is 4.72. The first-order valence-corrected chi connectivity index (χ1v) is 9.31. The minimum absolute atomic E-state index is 0.0938. The Morgan fingerprint density at radius 2 is 2.05 bits per heavy atom. The van der Waals surface area contributed by atoms with Crippen molar-refractivity contribution >= 4 is 23.5 Å². The molecule has 0 aliphatic heterocycles. The molecule has 2 aromatic rings. The third kappa shape index (κ3) is 5.77. The molecule has 1 N–H and O–H groups in total. The Balaban J connectivity index is 1.82. The Kier molecular flexibility index (Phi) is 6.86. The van der Waals surface area contributed by atoms with E-state index in [0.29, 0.717) is 11.8 Å². The van der Waals surface area contributed by atoms with Gasteiger partial charge in [0.2, 0.25) is 0 Å². The third-order valence-corrected chi connectivity index (χ3v) is 4.58. The quantitative estimate of drug-likeness (QED) is 0.454. The number of nitrogens with zero attached hydrogens (tertiary/aromatic N) is 1. The summed E-state index contributed by atoms with van der Waals surface area (Å²) in [5, 5.41) is 0.659. The number of aryl methyl sites for hydroxylation is 1. The van der Waals surface area contributed by atoms with Crippen LogP contribution in [0.25, 0.3) is 0 Å². The maximum absolute atomic E-state index is 11.6. The summed E-state index contributed by atoms with van der Waals surface area (Å²) >= 11 is 3.26. The number of hydrogen-bond acceptors (Lipinski definition) is 5. The van der Waals surface area contributed by atoms with Crippen LogP contribution in [0.5, 0.6) is 5.75 Å². The molecular weight excluding hydrogens is 316 g/mol. The van der Waals surface area contributed by atoms with E-state index in [-0.39, 0.29) is 5.56 Å². The number of hydrogen-bond donors (Lipinski definition) is 1. The smallest absolute Gasteiger partial charge is 0.251 e. The lowest BCUT2D eigenvalue weighted by atomic mass is 10.2. The van der Waals surface area contributed by atoms with Crippen LogP contribution in [0.15, 0.2) is 40.3 Å². The van der Waals surface area contributed by atoms with Crippen LogP contribution in [0.3, 0.4) is 0 Å². The molecule has 22 heavy (non-hydrogen) atoms. The molecule has 0 bridgehead atoms. The van der Waals surface area contributed by atoms with Crippen LogP contribution in [0.4, 0.5) is 0 Å². The normalized spacial score (nSPS) is 10.6. The molecule has 0 unspecified atom stereocenters. The van der Waals surface area contributed by atoms with Gasteiger partial charge in [0, 0.05) is 17.6 Å². The molecule has 1 heterocycles. The molecule has 1 aromatic heterocycles. The van der Waals surface area contributed by atoms with E-state index in [2.05, 4.69) is 16.9 Å². The molecule has 0 aliphatic carbocycles. The van der Waals surface area contributed by atoms with Gasteiger partial charge in [0.1, 0.15) is 5.75 Å². The zero-order chi connectivity index (χ0) is 15.8. The molecule has 0 radical (unpaired) electrons. The van der Waals surface area contributed by atoms with Gasteiger partial charge in [-0.2, -0.15) is 11.8 Å². The lowest BCUT2D eigenvalue weighted by Gasteiger charge is -2.06. The molecule has 2 rings (SSSR count). The van der Waals surface area contributed by atoms with Crippen molar-refractivity contribution in [2.45, 2.75) is 24.8 Å². The zero-order valence-electron chi connectivity index (χ0n) is 12.8. The van der Waals surface area contributed by atoms with Gasteiger partial charge in [-0.25, -0.2) is 4.98 Å². The number of benzene rings is 1. The molecule has 0 fully saturated rings. The summed E-state index contributed by atoms with van der Waals surface area (Å²) in [5.74, 6) is 3.39. The second-order valence-electron chi connectivity index (χ2n) is 4.69. The summed E-state index contributed by atoms with van der Waals surface area (Å²) in [6, 6.07) is 9.54. The number of aromatic nitrogens is 2. The molecular formula is C16H20N2O2S2. The highest BCUT2D eigenvalue weighted by molar-refractivity contribution is 7.99. The SMILES string of the molecule is CCSCc1cc(=O)[nH]c(SCCOc2ccc(C)cc2)n1. The average Bonchev–Trinajstić information content (AvgIpc) is 2.51. The lowest BCUT2D eigenvalue weighted by molar-refractivity contribution is 0.344. The van der Waals surface area contributed by atoms with E-state index in [0.717, 1.165) is 28.7 Å². The van der Waals surface area contributed by atoms with Gasteiger partial charge in [-0.15, -0.1) is 0 Å². The molecule has 118 valence electrons. The minimum Gasteiger partial charge on any atom is -0.493 e. The van der Waals surface area contributed by atoms with E-state index in [4.69, 9.17) is 4.74 Å². The van der Waals surface area contributed by atoms with Gasteiger partial charge in [0.05, 0.1) is 12.3 Å². The highest BCUT2D eigenvalue weighted by atomic mass is 32.2. The topological polar surface area (TPSA) is 55.0 Å². The Morgan fingerprint density at radius 1 is 1.27 bits per heavy atom. The van der Waals surface area contributed by atoms with Crippen LogP contribution < -0.4 is 10.3 Å². The largest absolute Gasteiger partial charge is 0.493 e. The molecule has 6 heteroatoms. The van der Waals surface area contributed by atoms with E-state index in [1.165, 1.54) is 17.3 Å². The van der Waals surface area contributed by atoms with Gasteiger partial charge >= 0.3 is 0 Å². The summed E-state index contributed by atoms with van der Waals surface area (Å²) in [4.78, 5) is 18.8. The first-order valence-electron chi connectivity index (χ1n) is 7.17. The Morgan fingerprint density at radius 3 is 2.77 bits per heavy atom. The van der Waals surface area contributed by atoms with Crippen molar-refractivity contribution in [3.8, 4) is 5.75 Å². The number of aromatic amines is 1.